The maximum absolute atomic E-state index is 12.1. The van der Waals surface area contributed by atoms with Crippen LogP contribution >= 0.6 is 0 Å². The van der Waals surface area contributed by atoms with Crippen molar-refractivity contribution < 1.29 is 14.3 Å². The van der Waals surface area contributed by atoms with Crippen LogP contribution < -0.4 is 5.32 Å². The SMILES string of the molecule is COCCC(=O)N1CC(C)OC2(CCNCC2)C1. The number of carbonyl (C=O) groups excluding carboxylic acids is 1. The monoisotopic (exact) mass is 256 g/mol. The van der Waals surface area contributed by atoms with E-state index in [1.54, 1.807) is 7.11 Å². The predicted molar refractivity (Wildman–Crippen MR) is 68.5 cm³/mol. The van der Waals surface area contributed by atoms with Gasteiger partial charge in [-0.2, -0.15) is 0 Å². The molecule has 0 aliphatic carbocycles. The molecule has 1 spiro atoms. The fourth-order valence-corrected chi connectivity index (χ4v) is 2.92. The molecule has 2 heterocycles. The Kier molecular flexibility index (Phi) is 4.59. The molecular weight excluding hydrogens is 232 g/mol. The highest BCUT2D eigenvalue weighted by Gasteiger charge is 2.41. The molecule has 0 aromatic rings. The Hall–Kier alpha value is -0.650. The van der Waals surface area contributed by atoms with E-state index in [1.165, 1.54) is 0 Å². The van der Waals surface area contributed by atoms with Gasteiger partial charge in [0.2, 0.25) is 5.91 Å². The van der Waals surface area contributed by atoms with Crippen molar-refractivity contribution >= 4 is 5.91 Å². The summed E-state index contributed by atoms with van der Waals surface area (Å²) >= 11 is 0. The molecule has 5 nitrogen and oxygen atoms in total. The minimum Gasteiger partial charge on any atom is -0.384 e. The molecule has 5 heteroatoms. The van der Waals surface area contributed by atoms with E-state index in [-0.39, 0.29) is 17.6 Å². The van der Waals surface area contributed by atoms with Crippen molar-refractivity contribution in [2.75, 3.05) is 39.9 Å². The number of carbonyl (C=O) groups is 1. The first-order valence-corrected chi connectivity index (χ1v) is 6.80. The lowest BCUT2D eigenvalue weighted by Crippen LogP contribution is -2.59. The van der Waals surface area contributed by atoms with Gasteiger partial charge in [-0.05, 0) is 32.9 Å². The fourth-order valence-electron chi connectivity index (χ4n) is 2.92. The van der Waals surface area contributed by atoms with Crippen LogP contribution in [0.2, 0.25) is 0 Å². The van der Waals surface area contributed by atoms with E-state index in [0.717, 1.165) is 32.5 Å². The fraction of sp³-hybridized carbons (Fsp3) is 0.923. The maximum Gasteiger partial charge on any atom is 0.225 e. The number of rotatable bonds is 3. The number of nitrogens with one attached hydrogen (secondary N) is 1. The van der Waals surface area contributed by atoms with E-state index in [4.69, 9.17) is 9.47 Å². The molecule has 104 valence electrons. The first-order valence-electron chi connectivity index (χ1n) is 6.80. The van der Waals surface area contributed by atoms with Crippen molar-refractivity contribution in [3.05, 3.63) is 0 Å². The zero-order chi connectivity index (χ0) is 13.0. The normalized spacial score (nSPS) is 27.4. The van der Waals surface area contributed by atoms with Gasteiger partial charge in [0.25, 0.3) is 0 Å². The molecule has 0 saturated carbocycles. The predicted octanol–water partition coefficient (Wildman–Crippen LogP) is 0.392. The largest absolute Gasteiger partial charge is 0.384 e. The van der Waals surface area contributed by atoms with Crippen LogP contribution in [0.1, 0.15) is 26.2 Å². The minimum atomic E-state index is -0.119. The summed E-state index contributed by atoms with van der Waals surface area (Å²) in [4.78, 5) is 14.1. The second-order valence-corrected chi connectivity index (χ2v) is 5.38. The summed E-state index contributed by atoms with van der Waals surface area (Å²) in [5.74, 6) is 0.185. The van der Waals surface area contributed by atoms with Gasteiger partial charge in [0.05, 0.1) is 24.7 Å². The molecule has 0 bridgehead atoms. The van der Waals surface area contributed by atoms with E-state index >= 15 is 0 Å². The van der Waals surface area contributed by atoms with Crippen molar-refractivity contribution in [3.8, 4) is 0 Å². The van der Waals surface area contributed by atoms with Crippen LogP contribution in [0.4, 0.5) is 0 Å². The number of morpholine rings is 1. The van der Waals surface area contributed by atoms with Crippen molar-refractivity contribution in [1.29, 1.82) is 0 Å². The van der Waals surface area contributed by atoms with Crippen LogP contribution in [0, 0.1) is 0 Å². The molecular formula is C13H24N2O3. The van der Waals surface area contributed by atoms with Gasteiger partial charge < -0.3 is 19.7 Å². The molecule has 2 aliphatic rings. The number of hydrogen-bond acceptors (Lipinski definition) is 4. The molecule has 1 amide bonds. The third-order valence-corrected chi connectivity index (χ3v) is 3.80. The number of ether oxygens (including phenoxy) is 2. The summed E-state index contributed by atoms with van der Waals surface area (Å²) in [6.45, 7) is 5.96. The first kappa shape index (κ1) is 13.8. The Morgan fingerprint density at radius 1 is 1.50 bits per heavy atom. The lowest BCUT2D eigenvalue weighted by atomic mass is 9.89. The Bertz CT molecular complexity index is 290. The summed E-state index contributed by atoms with van der Waals surface area (Å²) in [6, 6.07) is 0. The molecule has 2 rings (SSSR count). The van der Waals surface area contributed by atoms with Crippen LogP contribution in [0.25, 0.3) is 0 Å². The third-order valence-electron chi connectivity index (χ3n) is 3.80. The molecule has 0 aromatic carbocycles. The van der Waals surface area contributed by atoms with E-state index in [2.05, 4.69) is 12.2 Å². The van der Waals surface area contributed by atoms with Crippen LogP contribution in [0.5, 0.6) is 0 Å². The highest BCUT2D eigenvalue weighted by atomic mass is 16.5. The molecule has 2 fully saturated rings. The maximum atomic E-state index is 12.1. The van der Waals surface area contributed by atoms with Crippen LogP contribution in [-0.2, 0) is 14.3 Å². The number of hydrogen-bond donors (Lipinski definition) is 1. The lowest BCUT2D eigenvalue weighted by molar-refractivity contribution is -0.174. The van der Waals surface area contributed by atoms with Gasteiger partial charge in [0.15, 0.2) is 0 Å². The Morgan fingerprint density at radius 3 is 2.89 bits per heavy atom. The molecule has 1 unspecified atom stereocenters. The zero-order valence-electron chi connectivity index (χ0n) is 11.4. The summed E-state index contributed by atoms with van der Waals surface area (Å²) in [6.07, 6.45) is 2.58. The topological polar surface area (TPSA) is 50.8 Å². The number of piperidine rings is 1. The van der Waals surface area contributed by atoms with Gasteiger partial charge in [0.1, 0.15) is 0 Å². The van der Waals surface area contributed by atoms with Gasteiger partial charge in [-0.3, -0.25) is 4.79 Å². The summed E-state index contributed by atoms with van der Waals surface area (Å²) in [7, 11) is 1.63. The second kappa shape index (κ2) is 5.99. The Balaban J connectivity index is 1.97. The molecule has 2 aliphatic heterocycles. The van der Waals surface area contributed by atoms with Crippen molar-refractivity contribution in [2.24, 2.45) is 0 Å². The molecule has 18 heavy (non-hydrogen) atoms. The van der Waals surface area contributed by atoms with Gasteiger partial charge in [-0.1, -0.05) is 0 Å². The number of methoxy groups -OCH3 is 1. The average Bonchev–Trinajstić information content (AvgIpc) is 2.35. The molecule has 0 aromatic heterocycles. The summed E-state index contributed by atoms with van der Waals surface area (Å²) in [5.41, 5.74) is -0.119. The van der Waals surface area contributed by atoms with E-state index in [0.29, 0.717) is 19.6 Å². The van der Waals surface area contributed by atoms with Gasteiger partial charge >= 0.3 is 0 Å². The van der Waals surface area contributed by atoms with E-state index in [1.807, 2.05) is 4.90 Å². The van der Waals surface area contributed by atoms with Crippen LogP contribution in [0.15, 0.2) is 0 Å². The highest BCUT2D eigenvalue weighted by molar-refractivity contribution is 5.76. The van der Waals surface area contributed by atoms with Crippen LogP contribution in [-0.4, -0.2) is 62.4 Å². The van der Waals surface area contributed by atoms with Crippen molar-refractivity contribution in [2.45, 2.75) is 37.9 Å². The lowest BCUT2D eigenvalue weighted by Gasteiger charge is -2.47. The number of amides is 1. The molecule has 2 saturated heterocycles. The molecule has 1 atom stereocenters. The minimum absolute atomic E-state index is 0.119. The van der Waals surface area contributed by atoms with Crippen molar-refractivity contribution in [1.82, 2.24) is 10.2 Å². The smallest absolute Gasteiger partial charge is 0.225 e. The zero-order valence-corrected chi connectivity index (χ0v) is 11.4. The van der Waals surface area contributed by atoms with Crippen LogP contribution in [0.3, 0.4) is 0 Å². The number of nitrogens with zero attached hydrogens (tertiary/aromatic N) is 1. The second-order valence-electron chi connectivity index (χ2n) is 5.38. The van der Waals surface area contributed by atoms with E-state index in [9.17, 15) is 4.79 Å². The standard InChI is InChI=1S/C13H24N2O3/c1-11-9-15(12(16)3-8-17-2)10-13(18-11)4-6-14-7-5-13/h11,14H,3-10H2,1-2H3. The Labute approximate surface area is 109 Å². The van der Waals surface area contributed by atoms with Gasteiger partial charge in [0, 0.05) is 20.2 Å². The summed E-state index contributed by atoms with van der Waals surface area (Å²) in [5, 5.41) is 3.35. The van der Waals surface area contributed by atoms with E-state index < -0.39 is 0 Å². The van der Waals surface area contributed by atoms with Crippen molar-refractivity contribution in [3.63, 3.8) is 0 Å². The molecule has 1 N–H and O–H groups in total. The highest BCUT2D eigenvalue weighted by Crippen LogP contribution is 2.30. The van der Waals surface area contributed by atoms with Gasteiger partial charge in [-0.15, -0.1) is 0 Å². The molecule has 0 radical (unpaired) electrons. The Morgan fingerprint density at radius 2 is 2.22 bits per heavy atom. The average molecular weight is 256 g/mol. The quantitative estimate of drug-likeness (QED) is 0.794. The third kappa shape index (κ3) is 3.22. The first-order chi connectivity index (χ1) is 8.65. The van der Waals surface area contributed by atoms with Gasteiger partial charge in [-0.25, -0.2) is 0 Å². The summed E-state index contributed by atoms with van der Waals surface area (Å²) < 4.78 is 11.1.